The van der Waals surface area contributed by atoms with E-state index in [0.29, 0.717) is 43.0 Å². The number of hydrogen-bond acceptors (Lipinski definition) is 9. The van der Waals surface area contributed by atoms with E-state index in [1.807, 2.05) is 35.5 Å². The summed E-state index contributed by atoms with van der Waals surface area (Å²) in [6, 6.07) is 7.42. The number of rotatable bonds is 7. The number of hydrogen-bond donors (Lipinski definition) is 3. The summed E-state index contributed by atoms with van der Waals surface area (Å²) >= 11 is 1.91. The van der Waals surface area contributed by atoms with E-state index in [2.05, 4.69) is 30.8 Å². The van der Waals surface area contributed by atoms with Gasteiger partial charge in [0.05, 0.1) is 23.3 Å². The molecule has 37 heavy (non-hydrogen) atoms. The number of benzene rings is 1. The van der Waals surface area contributed by atoms with E-state index < -0.39 is 0 Å². The Balaban J connectivity index is 1.29. The number of aromatic amines is 1. The Morgan fingerprint density at radius 3 is 2.78 bits per heavy atom. The summed E-state index contributed by atoms with van der Waals surface area (Å²) < 4.78 is 22.1. The molecule has 3 aromatic heterocycles. The number of nitrogens with zero attached hydrogens (tertiary/aromatic N) is 6. The van der Waals surface area contributed by atoms with Crippen LogP contribution in [-0.2, 0) is 11.3 Å². The highest BCUT2D eigenvalue weighted by atomic mass is 32.2. The third-order valence-corrected chi connectivity index (χ3v) is 7.70. The van der Waals surface area contributed by atoms with Crippen LogP contribution >= 0.6 is 11.8 Å². The van der Waals surface area contributed by atoms with E-state index in [1.54, 1.807) is 18.3 Å². The van der Waals surface area contributed by atoms with Gasteiger partial charge in [-0.15, -0.1) is 0 Å². The highest BCUT2D eigenvalue weighted by Gasteiger charge is 2.22. The van der Waals surface area contributed by atoms with E-state index >= 15 is 0 Å². The second kappa shape index (κ2) is 10.5. The van der Waals surface area contributed by atoms with Crippen molar-refractivity contribution in [2.24, 2.45) is 0 Å². The monoisotopic (exact) mass is 523 g/mol. The van der Waals surface area contributed by atoms with Crippen LogP contribution in [0.2, 0.25) is 0 Å². The Morgan fingerprint density at radius 2 is 2.00 bits per heavy atom. The summed E-state index contributed by atoms with van der Waals surface area (Å²) in [4.78, 5) is 11.7. The molecule has 0 radical (unpaired) electrons. The van der Waals surface area contributed by atoms with Gasteiger partial charge in [-0.2, -0.15) is 31.9 Å². The molecule has 2 aliphatic rings. The first kappa shape index (κ1) is 24.0. The van der Waals surface area contributed by atoms with E-state index in [1.165, 1.54) is 0 Å². The molecule has 0 amide bonds. The van der Waals surface area contributed by atoms with Crippen LogP contribution < -0.4 is 15.5 Å². The average molecular weight is 524 g/mol. The van der Waals surface area contributed by atoms with Crippen molar-refractivity contribution in [2.75, 3.05) is 53.3 Å². The maximum Gasteiger partial charge on any atom is 0.227 e. The number of ether oxygens (including phenoxy) is 1. The minimum absolute atomic E-state index is 0.186. The first-order valence-corrected chi connectivity index (χ1v) is 13.8. The smallest absolute Gasteiger partial charge is 0.227 e. The van der Waals surface area contributed by atoms with Gasteiger partial charge in [-0.1, -0.05) is 6.07 Å². The number of fused-ring (bicyclic) bond motifs is 1. The molecule has 0 spiro atoms. The van der Waals surface area contributed by atoms with E-state index in [9.17, 15) is 4.39 Å². The van der Waals surface area contributed by atoms with Gasteiger partial charge in [0.2, 0.25) is 5.95 Å². The first-order chi connectivity index (χ1) is 18.1. The predicted molar refractivity (Wildman–Crippen MR) is 144 cm³/mol. The zero-order valence-electron chi connectivity index (χ0n) is 20.7. The van der Waals surface area contributed by atoms with Crippen LogP contribution in [-0.4, -0.2) is 67.8 Å². The molecule has 10 nitrogen and oxygen atoms in total. The normalized spacial score (nSPS) is 16.9. The van der Waals surface area contributed by atoms with Crippen LogP contribution in [0.15, 0.2) is 30.5 Å². The van der Waals surface area contributed by atoms with E-state index in [0.717, 1.165) is 59.7 Å². The number of aromatic nitrogens is 6. The predicted octanol–water partition coefficient (Wildman–Crippen LogP) is 4.26. The van der Waals surface area contributed by atoms with Crippen molar-refractivity contribution < 1.29 is 9.13 Å². The summed E-state index contributed by atoms with van der Waals surface area (Å²) in [5.41, 5.74) is 3.33. The molecule has 5 heterocycles. The van der Waals surface area contributed by atoms with Crippen LogP contribution in [0.1, 0.15) is 30.1 Å². The van der Waals surface area contributed by atoms with Crippen molar-refractivity contribution in [3.8, 4) is 0 Å². The molecule has 1 aromatic carbocycles. The third kappa shape index (κ3) is 5.21. The van der Waals surface area contributed by atoms with Crippen LogP contribution in [0.5, 0.6) is 0 Å². The lowest BCUT2D eigenvalue weighted by molar-refractivity contribution is 0.0673. The Bertz CT molecular complexity index is 1380. The molecule has 0 bridgehead atoms. The molecule has 0 unspecified atom stereocenters. The molecule has 0 saturated carbocycles. The van der Waals surface area contributed by atoms with Gasteiger partial charge in [0.1, 0.15) is 11.6 Å². The number of H-pyrrole nitrogens is 1. The minimum Gasteiger partial charge on any atom is -0.381 e. The van der Waals surface area contributed by atoms with Gasteiger partial charge < -0.3 is 20.3 Å². The summed E-state index contributed by atoms with van der Waals surface area (Å²) in [5.74, 6) is 3.61. The van der Waals surface area contributed by atoms with Gasteiger partial charge in [-0.3, -0.25) is 5.10 Å². The van der Waals surface area contributed by atoms with Crippen LogP contribution in [0.3, 0.4) is 0 Å². The summed E-state index contributed by atoms with van der Waals surface area (Å²) in [7, 11) is 0. The summed E-state index contributed by atoms with van der Waals surface area (Å²) in [6.45, 7) is 5.55. The average Bonchev–Trinajstić information content (AvgIpc) is 3.55. The first-order valence-electron chi connectivity index (χ1n) is 12.6. The fraction of sp³-hybridized carbons (Fsp3) is 0.440. The van der Waals surface area contributed by atoms with Crippen molar-refractivity contribution in [1.82, 2.24) is 29.9 Å². The number of aryl methyl sites for hydroxylation is 1. The summed E-state index contributed by atoms with van der Waals surface area (Å²) in [5, 5.41) is 19.4. The number of thioether (sulfide) groups is 1. The molecule has 2 saturated heterocycles. The second-order valence-electron chi connectivity index (χ2n) is 9.37. The number of nitrogens with one attached hydrogen (secondary N) is 3. The molecule has 0 aliphatic carbocycles. The topological polar surface area (TPSA) is 109 Å². The van der Waals surface area contributed by atoms with Crippen molar-refractivity contribution in [2.45, 2.75) is 32.4 Å². The Morgan fingerprint density at radius 1 is 1.16 bits per heavy atom. The zero-order chi connectivity index (χ0) is 25.2. The zero-order valence-corrected chi connectivity index (χ0v) is 21.5. The van der Waals surface area contributed by atoms with Crippen LogP contribution in [0, 0.1) is 12.7 Å². The van der Waals surface area contributed by atoms with Gasteiger partial charge in [0.15, 0.2) is 11.5 Å². The SMILES string of the molecule is Cc1cc(Nc2nc(NCc3ccc(F)c(N4CCSCC4)c3)nc3c2cnn3C2CCOCC2)n[nH]1. The number of halogens is 1. The minimum atomic E-state index is -0.186. The molecular weight excluding hydrogens is 493 g/mol. The maximum absolute atomic E-state index is 14.6. The largest absolute Gasteiger partial charge is 0.381 e. The lowest BCUT2D eigenvalue weighted by atomic mass is 10.1. The molecule has 12 heteroatoms. The molecule has 0 atom stereocenters. The van der Waals surface area contributed by atoms with Crippen LogP contribution in [0.4, 0.5) is 27.7 Å². The van der Waals surface area contributed by atoms with Gasteiger partial charge in [-0.05, 0) is 37.5 Å². The van der Waals surface area contributed by atoms with Crippen molar-refractivity contribution >= 4 is 46.1 Å². The van der Waals surface area contributed by atoms with Crippen LogP contribution in [0.25, 0.3) is 11.0 Å². The fourth-order valence-corrected chi connectivity index (χ4v) is 5.70. The van der Waals surface area contributed by atoms with Gasteiger partial charge in [-0.25, -0.2) is 9.07 Å². The molecule has 6 rings (SSSR count). The van der Waals surface area contributed by atoms with Gasteiger partial charge in [0.25, 0.3) is 0 Å². The van der Waals surface area contributed by atoms with Crippen molar-refractivity contribution in [1.29, 1.82) is 0 Å². The fourth-order valence-electron chi connectivity index (χ4n) is 4.80. The lowest BCUT2D eigenvalue weighted by Crippen LogP contribution is -2.33. The van der Waals surface area contributed by atoms with Gasteiger partial charge >= 0.3 is 0 Å². The van der Waals surface area contributed by atoms with Crippen molar-refractivity contribution in [3.63, 3.8) is 0 Å². The summed E-state index contributed by atoms with van der Waals surface area (Å²) in [6.07, 6.45) is 3.58. The Labute approximate surface area is 218 Å². The third-order valence-electron chi connectivity index (χ3n) is 6.76. The van der Waals surface area contributed by atoms with E-state index in [4.69, 9.17) is 14.7 Å². The van der Waals surface area contributed by atoms with Gasteiger partial charge in [0, 0.05) is 56.1 Å². The van der Waals surface area contributed by atoms with Crippen molar-refractivity contribution in [3.05, 3.63) is 47.5 Å². The molecule has 2 aliphatic heterocycles. The standard InChI is InChI=1S/C25H30FN9OS/c1-16-12-22(33-32-16)29-23-19-15-28-35(18-4-8-36-9-5-18)24(19)31-25(30-23)27-14-17-2-3-20(26)21(13-17)34-6-10-37-11-7-34/h2-3,12-13,15,18H,4-11,14H2,1H3,(H3,27,29,30,31,32,33). The molecule has 194 valence electrons. The molecule has 3 N–H and O–H groups in total. The highest BCUT2D eigenvalue weighted by molar-refractivity contribution is 7.99. The molecule has 4 aromatic rings. The highest BCUT2D eigenvalue weighted by Crippen LogP contribution is 2.30. The maximum atomic E-state index is 14.6. The number of anilines is 4. The van der Waals surface area contributed by atoms with E-state index in [-0.39, 0.29) is 11.9 Å². The molecule has 2 fully saturated rings. The second-order valence-corrected chi connectivity index (χ2v) is 10.6. The molecular formula is C25H30FN9OS. The Hall–Kier alpha value is -3.38. The Kier molecular flexibility index (Phi) is 6.83. The lowest BCUT2D eigenvalue weighted by Gasteiger charge is -2.29. The quantitative estimate of drug-likeness (QED) is 0.327.